The van der Waals surface area contributed by atoms with Crippen LogP contribution in [0.3, 0.4) is 0 Å². The Kier molecular flexibility index (Phi) is 5.58. The Morgan fingerprint density at radius 1 is 1.07 bits per heavy atom. The van der Waals surface area contributed by atoms with E-state index in [0.717, 1.165) is 34.9 Å². The highest BCUT2D eigenvalue weighted by Gasteiger charge is 2.15. The highest BCUT2D eigenvalue weighted by Crippen LogP contribution is 2.27. The van der Waals surface area contributed by atoms with Crippen LogP contribution in [0, 0.1) is 0 Å². The van der Waals surface area contributed by atoms with Crippen LogP contribution in [-0.2, 0) is 18.6 Å². The first-order valence-corrected chi connectivity index (χ1v) is 10.3. The van der Waals surface area contributed by atoms with Crippen molar-refractivity contribution in [2.75, 3.05) is 17.7 Å². The number of rotatable bonds is 6. The van der Waals surface area contributed by atoms with E-state index in [2.05, 4.69) is 32.7 Å². The second-order valence-corrected chi connectivity index (χ2v) is 7.70. The summed E-state index contributed by atoms with van der Waals surface area (Å²) in [6.45, 7) is 0. The molecule has 2 N–H and O–H groups in total. The number of aryl methyl sites for hydroxylation is 2. The predicted octanol–water partition coefficient (Wildman–Crippen LogP) is 4.55. The number of thioether (sulfide) groups is 1. The first-order chi connectivity index (χ1) is 13.7. The fraction of sp³-hybridized carbons (Fsp3) is 0.227. The smallest absolute Gasteiger partial charge is 0.258 e. The van der Waals surface area contributed by atoms with Crippen LogP contribution in [-0.4, -0.2) is 22.9 Å². The molecule has 0 radical (unpaired) electrons. The molecule has 0 aliphatic heterocycles. The summed E-state index contributed by atoms with van der Waals surface area (Å²) in [6, 6.07) is 13.8. The van der Waals surface area contributed by atoms with Crippen LogP contribution < -0.4 is 10.6 Å². The summed E-state index contributed by atoms with van der Waals surface area (Å²) in [5, 5.41) is 6.80. The maximum Gasteiger partial charge on any atom is 0.258 e. The van der Waals surface area contributed by atoms with Crippen molar-refractivity contribution in [3.63, 3.8) is 0 Å². The summed E-state index contributed by atoms with van der Waals surface area (Å²) in [5.74, 6) is 1.42. The van der Waals surface area contributed by atoms with Gasteiger partial charge in [-0.15, -0.1) is 11.8 Å². The van der Waals surface area contributed by atoms with Crippen molar-refractivity contribution < 1.29 is 4.79 Å². The van der Waals surface area contributed by atoms with Crippen LogP contribution >= 0.6 is 11.8 Å². The van der Waals surface area contributed by atoms with Crippen LogP contribution in [0.5, 0.6) is 0 Å². The number of carbonyl (C=O) groups is 1. The second-order valence-electron chi connectivity index (χ2n) is 6.74. The number of carbonyl (C=O) groups excluding carboxylic acids is 1. The summed E-state index contributed by atoms with van der Waals surface area (Å²) in [6.07, 6.45) is 6.92. The van der Waals surface area contributed by atoms with Crippen molar-refractivity contribution in [1.29, 1.82) is 0 Å². The minimum absolute atomic E-state index is 0.126. The number of amides is 1. The largest absolute Gasteiger partial charge is 0.373 e. The monoisotopic (exact) mass is 390 g/mol. The highest BCUT2D eigenvalue weighted by molar-refractivity contribution is 7.98. The highest BCUT2D eigenvalue weighted by atomic mass is 32.2. The molecule has 2 heterocycles. The Balaban J connectivity index is 1.48. The average molecular weight is 391 g/mol. The Hall–Kier alpha value is -2.86. The molecule has 0 spiro atoms. The number of anilines is 2. The number of fused-ring (bicyclic) bond motifs is 1. The lowest BCUT2D eigenvalue weighted by atomic mass is 10.1. The molecule has 142 valence electrons. The second kappa shape index (κ2) is 8.44. The summed E-state index contributed by atoms with van der Waals surface area (Å²) >= 11 is 1.55. The van der Waals surface area contributed by atoms with E-state index in [1.807, 2.05) is 31.3 Å². The van der Waals surface area contributed by atoms with Crippen LogP contribution in [0.2, 0.25) is 0 Å². The van der Waals surface area contributed by atoms with E-state index in [0.29, 0.717) is 11.3 Å². The number of hydrogen-bond donors (Lipinski definition) is 2. The standard InChI is InChI=1S/C22H22N4OS/c1-23-20-12-15(9-11-24-20)14-28-22-19(6-3-10-25-22)21(27)26-18-8-7-16-4-2-5-17(16)13-18/h3,6-13H,2,4-5,14H2,1H3,(H,23,24)(H,26,27). The molecular formula is C22H22N4OS. The van der Waals surface area contributed by atoms with Gasteiger partial charge in [-0.2, -0.15) is 0 Å². The molecule has 0 saturated carbocycles. The number of nitrogens with zero attached hydrogens (tertiary/aromatic N) is 2. The molecule has 0 fully saturated rings. The third kappa shape index (κ3) is 4.17. The van der Waals surface area contributed by atoms with Gasteiger partial charge in [-0.3, -0.25) is 4.79 Å². The van der Waals surface area contributed by atoms with Crippen molar-refractivity contribution in [2.24, 2.45) is 0 Å². The molecule has 5 nitrogen and oxygen atoms in total. The Morgan fingerprint density at radius 2 is 1.96 bits per heavy atom. The number of aromatic nitrogens is 2. The maximum absolute atomic E-state index is 12.9. The van der Waals surface area contributed by atoms with E-state index in [1.54, 1.807) is 30.2 Å². The summed E-state index contributed by atoms with van der Waals surface area (Å²) < 4.78 is 0. The molecule has 1 aromatic carbocycles. The van der Waals surface area contributed by atoms with Crippen LogP contribution in [0.25, 0.3) is 0 Å². The van der Waals surface area contributed by atoms with Gasteiger partial charge in [0, 0.05) is 30.9 Å². The molecule has 0 bridgehead atoms. The fourth-order valence-electron chi connectivity index (χ4n) is 3.38. The number of nitrogens with one attached hydrogen (secondary N) is 2. The zero-order valence-electron chi connectivity index (χ0n) is 15.7. The Bertz CT molecular complexity index is 1010. The lowest BCUT2D eigenvalue weighted by molar-refractivity contribution is 0.102. The normalized spacial score (nSPS) is 12.5. The van der Waals surface area contributed by atoms with E-state index in [9.17, 15) is 4.79 Å². The van der Waals surface area contributed by atoms with Gasteiger partial charge in [0.1, 0.15) is 10.8 Å². The van der Waals surface area contributed by atoms with Gasteiger partial charge in [-0.1, -0.05) is 6.07 Å². The van der Waals surface area contributed by atoms with E-state index in [4.69, 9.17) is 0 Å². The van der Waals surface area contributed by atoms with Gasteiger partial charge >= 0.3 is 0 Å². The lowest BCUT2D eigenvalue weighted by Crippen LogP contribution is -2.13. The molecule has 1 aliphatic carbocycles. The van der Waals surface area contributed by atoms with Crippen LogP contribution in [0.1, 0.15) is 33.5 Å². The van der Waals surface area contributed by atoms with Gasteiger partial charge in [0.05, 0.1) is 5.56 Å². The first kappa shape index (κ1) is 18.5. The van der Waals surface area contributed by atoms with Gasteiger partial charge in [-0.25, -0.2) is 9.97 Å². The number of hydrogen-bond acceptors (Lipinski definition) is 5. The van der Waals surface area contributed by atoms with Gasteiger partial charge < -0.3 is 10.6 Å². The molecular weight excluding hydrogens is 368 g/mol. The lowest BCUT2D eigenvalue weighted by Gasteiger charge is -2.10. The summed E-state index contributed by atoms with van der Waals surface area (Å²) in [4.78, 5) is 21.5. The number of benzene rings is 1. The molecule has 0 atom stereocenters. The Morgan fingerprint density at radius 3 is 2.86 bits per heavy atom. The predicted molar refractivity (Wildman–Crippen MR) is 114 cm³/mol. The molecule has 2 aromatic heterocycles. The third-order valence-electron chi connectivity index (χ3n) is 4.83. The average Bonchev–Trinajstić information content (AvgIpc) is 3.20. The zero-order chi connectivity index (χ0) is 19.3. The van der Waals surface area contributed by atoms with E-state index >= 15 is 0 Å². The van der Waals surface area contributed by atoms with E-state index in [1.165, 1.54) is 17.5 Å². The summed E-state index contributed by atoms with van der Waals surface area (Å²) in [7, 11) is 1.85. The first-order valence-electron chi connectivity index (χ1n) is 9.36. The van der Waals surface area contributed by atoms with Crippen LogP contribution in [0.15, 0.2) is 59.9 Å². The van der Waals surface area contributed by atoms with Crippen molar-refractivity contribution >= 4 is 29.2 Å². The van der Waals surface area contributed by atoms with Crippen LogP contribution in [0.4, 0.5) is 11.5 Å². The molecule has 6 heteroatoms. The van der Waals surface area contributed by atoms with Gasteiger partial charge in [0.25, 0.3) is 5.91 Å². The van der Waals surface area contributed by atoms with E-state index < -0.39 is 0 Å². The topological polar surface area (TPSA) is 66.9 Å². The number of pyridine rings is 2. The fourth-order valence-corrected chi connectivity index (χ4v) is 4.31. The molecule has 0 saturated heterocycles. The molecule has 1 aliphatic rings. The SMILES string of the molecule is CNc1cc(CSc2ncccc2C(=O)Nc2ccc3c(c2)CCC3)ccn1. The molecule has 0 unspecified atom stereocenters. The molecule has 3 aromatic rings. The zero-order valence-corrected chi connectivity index (χ0v) is 16.6. The van der Waals surface area contributed by atoms with Gasteiger partial charge in [-0.05, 0) is 72.4 Å². The van der Waals surface area contributed by atoms with Crippen molar-refractivity contribution in [3.8, 4) is 0 Å². The van der Waals surface area contributed by atoms with Crippen molar-refractivity contribution in [1.82, 2.24) is 9.97 Å². The molecule has 1 amide bonds. The quantitative estimate of drug-likeness (QED) is 0.605. The third-order valence-corrected chi connectivity index (χ3v) is 5.90. The van der Waals surface area contributed by atoms with Gasteiger partial charge in [0.2, 0.25) is 0 Å². The van der Waals surface area contributed by atoms with Crippen molar-refractivity contribution in [3.05, 3.63) is 77.1 Å². The molecule has 28 heavy (non-hydrogen) atoms. The van der Waals surface area contributed by atoms with Crippen molar-refractivity contribution in [2.45, 2.75) is 30.0 Å². The summed E-state index contributed by atoms with van der Waals surface area (Å²) in [5.41, 5.74) is 5.31. The minimum Gasteiger partial charge on any atom is -0.373 e. The maximum atomic E-state index is 12.9. The molecule has 4 rings (SSSR count). The van der Waals surface area contributed by atoms with Gasteiger partial charge in [0.15, 0.2) is 0 Å². The Labute approximate surface area is 169 Å². The van der Waals surface area contributed by atoms with E-state index in [-0.39, 0.29) is 5.91 Å². The minimum atomic E-state index is -0.126.